The van der Waals surface area contributed by atoms with E-state index < -0.39 is 0 Å². The normalized spacial score (nSPS) is 11.5. The quantitative estimate of drug-likeness (QED) is 0.505. The van der Waals surface area contributed by atoms with Crippen molar-refractivity contribution in [2.45, 2.75) is 47.5 Å². The highest BCUT2D eigenvalue weighted by atomic mass is 32.2. The molecule has 7 nitrogen and oxygen atoms in total. The Balaban J connectivity index is 1.97. The van der Waals surface area contributed by atoms with E-state index in [0.29, 0.717) is 27.5 Å². The maximum Gasteiger partial charge on any atom is 0.240 e. The second-order valence-electron chi connectivity index (χ2n) is 6.47. The molecule has 0 saturated heterocycles. The van der Waals surface area contributed by atoms with Gasteiger partial charge < -0.3 is 10.2 Å². The molecule has 30 heavy (non-hydrogen) atoms. The Morgan fingerprint density at radius 1 is 1.27 bits per heavy atom. The summed E-state index contributed by atoms with van der Waals surface area (Å²) in [4.78, 5) is 26.4. The first-order valence-electron chi connectivity index (χ1n) is 9.59. The lowest BCUT2D eigenvalue weighted by Crippen LogP contribution is -2.37. The highest BCUT2D eigenvalue weighted by molar-refractivity contribution is 8.04. The van der Waals surface area contributed by atoms with Gasteiger partial charge in [-0.1, -0.05) is 59.5 Å². The van der Waals surface area contributed by atoms with Crippen molar-refractivity contribution >= 4 is 52.4 Å². The third-order valence-electron chi connectivity index (χ3n) is 3.97. The SMILES string of the molecule is CCCNC(=O)CSc1nnc(SC(C)C(=O)N(CCC#N)c2ccc(C)cc2)s1. The summed E-state index contributed by atoms with van der Waals surface area (Å²) >= 11 is 4.05. The number of hydrogen-bond donors (Lipinski definition) is 1. The minimum absolute atomic E-state index is 0.0268. The molecular formula is C20H25N5O2S3. The summed E-state index contributed by atoms with van der Waals surface area (Å²) in [5.41, 5.74) is 1.89. The van der Waals surface area contributed by atoms with Gasteiger partial charge in [0.15, 0.2) is 8.68 Å². The van der Waals surface area contributed by atoms with Crippen molar-refractivity contribution in [3.63, 3.8) is 0 Å². The van der Waals surface area contributed by atoms with E-state index in [1.54, 1.807) is 4.90 Å². The third kappa shape index (κ3) is 7.63. The Labute approximate surface area is 189 Å². The van der Waals surface area contributed by atoms with E-state index in [1.165, 1.54) is 34.9 Å². The topological polar surface area (TPSA) is 99.0 Å². The van der Waals surface area contributed by atoms with Crippen molar-refractivity contribution in [2.24, 2.45) is 0 Å². The molecule has 2 rings (SSSR count). The summed E-state index contributed by atoms with van der Waals surface area (Å²) in [6, 6.07) is 9.79. The van der Waals surface area contributed by atoms with Crippen LogP contribution in [0.3, 0.4) is 0 Å². The molecular weight excluding hydrogens is 438 g/mol. The van der Waals surface area contributed by atoms with Crippen molar-refractivity contribution in [3.05, 3.63) is 29.8 Å². The molecule has 0 radical (unpaired) electrons. The Bertz CT molecular complexity index is 879. The van der Waals surface area contributed by atoms with Crippen LogP contribution >= 0.6 is 34.9 Å². The van der Waals surface area contributed by atoms with E-state index in [2.05, 4.69) is 21.6 Å². The number of hydrogen-bond acceptors (Lipinski definition) is 8. The summed E-state index contributed by atoms with van der Waals surface area (Å²) in [5, 5.41) is 19.6. The summed E-state index contributed by atoms with van der Waals surface area (Å²) in [5.74, 6) is 0.187. The highest BCUT2D eigenvalue weighted by Gasteiger charge is 2.24. The van der Waals surface area contributed by atoms with Crippen LogP contribution < -0.4 is 10.2 Å². The first kappa shape index (κ1) is 24.2. The van der Waals surface area contributed by atoms with Crippen LogP contribution in [-0.2, 0) is 9.59 Å². The highest BCUT2D eigenvalue weighted by Crippen LogP contribution is 2.32. The van der Waals surface area contributed by atoms with E-state index in [1.807, 2.05) is 45.0 Å². The van der Waals surface area contributed by atoms with E-state index in [-0.39, 0.29) is 23.5 Å². The number of rotatable bonds is 11. The van der Waals surface area contributed by atoms with Crippen molar-refractivity contribution in [1.82, 2.24) is 15.5 Å². The standard InChI is InChI=1S/C20H25N5O2S3/c1-4-11-22-17(26)13-28-19-23-24-20(30-19)29-15(3)18(27)25(12-5-10-21)16-8-6-14(2)7-9-16/h6-9,15H,4-5,11-13H2,1-3H3,(H,22,26). The van der Waals surface area contributed by atoms with Gasteiger partial charge in [-0.25, -0.2) is 0 Å². The Kier molecular flexibility index (Phi) is 10.1. The van der Waals surface area contributed by atoms with Gasteiger partial charge in [0.25, 0.3) is 0 Å². The number of carbonyl (C=O) groups is 2. The zero-order valence-electron chi connectivity index (χ0n) is 17.3. The number of carbonyl (C=O) groups excluding carboxylic acids is 2. The second-order valence-corrected chi connectivity index (χ2v) is 10.3. The molecule has 2 aromatic rings. The number of nitrogens with one attached hydrogen (secondary N) is 1. The average Bonchev–Trinajstić information content (AvgIpc) is 3.19. The van der Waals surface area contributed by atoms with Gasteiger partial charge in [-0.3, -0.25) is 9.59 Å². The van der Waals surface area contributed by atoms with Gasteiger partial charge in [0.2, 0.25) is 11.8 Å². The van der Waals surface area contributed by atoms with Crippen LogP contribution in [0.2, 0.25) is 0 Å². The van der Waals surface area contributed by atoms with Crippen molar-refractivity contribution in [3.8, 4) is 6.07 Å². The summed E-state index contributed by atoms with van der Waals surface area (Å²) in [7, 11) is 0. The lowest BCUT2D eigenvalue weighted by Gasteiger charge is -2.24. The lowest BCUT2D eigenvalue weighted by molar-refractivity contribution is -0.119. The first-order chi connectivity index (χ1) is 14.4. The molecule has 0 spiro atoms. The van der Waals surface area contributed by atoms with E-state index in [4.69, 9.17) is 5.26 Å². The minimum Gasteiger partial charge on any atom is -0.355 e. The molecule has 0 aliphatic carbocycles. The lowest BCUT2D eigenvalue weighted by atomic mass is 10.2. The average molecular weight is 464 g/mol. The molecule has 1 atom stereocenters. The number of amides is 2. The number of aryl methyl sites for hydroxylation is 1. The first-order valence-corrected chi connectivity index (χ1v) is 12.3. The van der Waals surface area contributed by atoms with Gasteiger partial charge in [-0.05, 0) is 32.4 Å². The monoisotopic (exact) mass is 463 g/mol. The van der Waals surface area contributed by atoms with Crippen LogP contribution in [-0.4, -0.2) is 46.1 Å². The van der Waals surface area contributed by atoms with Gasteiger partial charge in [-0.2, -0.15) is 5.26 Å². The van der Waals surface area contributed by atoms with Crippen LogP contribution in [0, 0.1) is 18.3 Å². The maximum atomic E-state index is 13.1. The van der Waals surface area contributed by atoms with Crippen molar-refractivity contribution in [2.75, 3.05) is 23.7 Å². The Morgan fingerprint density at radius 2 is 1.97 bits per heavy atom. The largest absolute Gasteiger partial charge is 0.355 e. The number of nitriles is 1. The molecule has 1 unspecified atom stereocenters. The van der Waals surface area contributed by atoms with Crippen LogP contribution in [0.4, 0.5) is 5.69 Å². The Hall–Kier alpha value is -2.09. The predicted octanol–water partition coefficient (Wildman–Crippen LogP) is 3.89. The minimum atomic E-state index is -0.386. The van der Waals surface area contributed by atoms with Gasteiger partial charge in [-0.15, -0.1) is 10.2 Å². The summed E-state index contributed by atoms with van der Waals surface area (Å²) in [6.07, 6.45) is 1.16. The predicted molar refractivity (Wildman–Crippen MR) is 123 cm³/mol. The summed E-state index contributed by atoms with van der Waals surface area (Å²) in [6.45, 7) is 6.83. The number of anilines is 1. The fourth-order valence-electron chi connectivity index (χ4n) is 2.42. The molecule has 2 amide bonds. The molecule has 1 N–H and O–H groups in total. The fourth-order valence-corrected chi connectivity index (χ4v) is 5.48. The van der Waals surface area contributed by atoms with Crippen LogP contribution in [0.5, 0.6) is 0 Å². The molecule has 1 heterocycles. The molecule has 160 valence electrons. The number of aromatic nitrogens is 2. The van der Waals surface area contributed by atoms with E-state index in [9.17, 15) is 9.59 Å². The molecule has 0 bridgehead atoms. The number of nitrogens with zero attached hydrogens (tertiary/aromatic N) is 4. The second kappa shape index (κ2) is 12.6. The molecule has 0 aliphatic heterocycles. The molecule has 0 aliphatic rings. The van der Waals surface area contributed by atoms with Crippen molar-refractivity contribution in [1.29, 1.82) is 5.26 Å². The van der Waals surface area contributed by atoms with E-state index >= 15 is 0 Å². The number of thioether (sulfide) groups is 2. The zero-order chi connectivity index (χ0) is 21.9. The molecule has 1 aromatic carbocycles. The zero-order valence-corrected chi connectivity index (χ0v) is 19.7. The van der Waals surface area contributed by atoms with Crippen molar-refractivity contribution < 1.29 is 9.59 Å². The van der Waals surface area contributed by atoms with Gasteiger partial charge >= 0.3 is 0 Å². The molecule has 1 aromatic heterocycles. The molecule has 0 saturated carbocycles. The van der Waals surface area contributed by atoms with Gasteiger partial charge in [0.05, 0.1) is 23.5 Å². The smallest absolute Gasteiger partial charge is 0.240 e. The van der Waals surface area contributed by atoms with E-state index in [0.717, 1.165) is 17.7 Å². The fraction of sp³-hybridized carbons (Fsp3) is 0.450. The number of benzene rings is 1. The van der Waals surface area contributed by atoms with Gasteiger partial charge in [0, 0.05) is 18.8 Å². The van der Waals surface area contributed by atoms with Gasteiger partial charge in [0.1, 0.15) is 0 Å². The maximum absolute atomic E-state index is 13.1. The molecule has 10 heteroatoms. The van der Waals surface area contributed by atoms with Crippen LogP contribution in [0.25, 0.3) is 0 Å². The molecule has 0 fully saturated rings. The third-order valence-corrected chi connectivity index (χ3v) is 7.20. The Morgan fingerprint density at radius 3 is 2.63 bits per heavy atom. The van der Waals surface area contributed by atoms with Crippen LogP contribution in [0.15, 0.2) is 32.9 Å². The van der Waals surface area contributed by atoms with Crippen LogP contribution in [0.1, 0.15) is 32.3 Å². The summed E-state index contributed by atoms with van der Waals surface area (Å²) < 4.78 is 1.38.